The van der Waals surface area contributed by atoms with Crippen molar-refractivity contribution in [3.8, 4) is 0 Å². The molecule has 0 radical (unpaired) electrons. The predicted octanol–water partition coefficient (Wildman–Crippen LogP) is -0.459. The van der Waals surface area contributed by atoms with E-state index < -0.39 is 24.6 Å². The van der Waals surface area contributed by atoms with E-state index in [-0.39, 0.29) is 37.9 Å². The number of methoxy groups -OCH3 is 3. The van der Waals surface area contributed by atoms with Crippen LogP contribution in [0.1, 0.15) is 59.3 Å². The second kappa shape index (κ2) is 47.8. The van der Waals surface area contributed by atoms with Crippen LogP contribution in [0.25, 0.3) is 0 Å². The molecule has 3 aliphatic heterocycles. The molecule has 15 heteroatoms. The van der Waals surface area contributed by atoms with E-state index in [1.807, 2.05) is 13.8 Å². The summed E-state index contributed by atoms with van der Waals surface area (Å²) >= 11 is 0. The summed E-state index contributed by atoms with van der Waals surface area (Å²) < 4.78 is 29.5. The Morgan fingerprint density at radius 3 is 1.20 bits per heavy atom. The maximum Gasteiger partial charge on any atom is 0.162 e. The molecule has 0 saturated carbocycles. The molecule has 3 aliphatic rings. The molecule has 7 atom stereocenters. The molecule has 0 aromatic heterocycles. The SMILES string of the molecule is CO.CO.CO.CO.COC.COC(C)C.COC1OC(CO)C(O)C(O)C1C.OCC1CCCCO1.OCC1CCCCO1. The minimum Gasteiger partial charge on any atom is -0.400 e. The number of aliphatic hydroxyl groups is 9. The van der Waals surface area contributed by atoms with Crippen molar-refractivity contribution in [2.24, 2.45) is 5.92 Å². The van der Waals surface area contributed by atoms with Crippen LogP contribution >= 0.6 is 0 Å². The third-order valence-electron chi connectivity index (χ3n) is 5.85. The molecule has 3 rings (SSSR count). The predicted molar refractivity (Wildman–Crippen MR) is 173 cm³/mol. The molecule has 0 aromatic carbocycles. The first-order valence-corrected chi connectivity index (χ1v) is 15.0. The van der Waals surface area contributed by atoms with Crippen molar-refractivity contribution < 1.29 is 74.4 Å². The van der Waals surface area contributed by atoms with Gasteiger partial charge < -0.3 is 74.4 Å². The van der Waals surface area contributed by atoms with E-state index in [0.717, 1.165) is 67.3 Å². The fourth-order valence-corrected chi connectivity index (χ4v) is 3.39. The number of aliphatic hydroxyl groups excluding tert-OH is 9. The molecular formula is C30H72O15. The Morgan fingerprint density at radius 2 is 1.00 bits per heavy atom. The highest BCUT2D eigenvalue weighted by molar-refractivity contribution is 4.86. The van der Waals surface area contributed by atoms with Crippen LogP contribution < -0.4 is 0 Å². The largest absolute Gasteiger partial charge is 0.400 e. The average Bonchev–Trinajstić information content (AvgIpc) is 3.12. The van der Waals surface area contributed by atoms with E-state index in [4.69, 9.17) is 59.4 Å². The molecule has 0 spiro atoms. The third-order valence-corrected chi connectivity index (χ3v) is 5.85. The lowest BCUT2D eigenvalue weighted by molar-refractivity contribution is -0.274. The standard InChI is InChI=1S/C8H16O5.2C6H12O2.C4H10O.C2H6O.4CH4O/c1-4-6(10)7(11)5(3-9)13-8(4)12-2;2*7-5-6-3-1-2-4-8-6;1-4(2)5-3;1-3-2;4*1-2/h4-11H,3H2,1-2H3;2*6-7H,1-5H2;4H,1-3H3;1-2H3;4*2H,1H3. The zero-order valence-corrected chi connectivity index (χ0v) is 29.9. The number of ether oxygens (including phenoxy) is 6. The Bertz CT molecular complexity index is 429. The van der Waals surface area contributed by atoms with E-state index in [1.54, 1.807) is 28.3 Å². The van der Waals surface area contributed by atoms with Gasteiger partial charge in [0.15, 0.2) is 6.29 Å². The highest BCUT2D eigenvalue weighted by atomic mass is 16.7. The normalized spacial score (nSPS) is 26.2. The number of rotatable bonds is 5. The summed E-state index contributed by atoms with van der Waals surface area (Å²) in [5, 5.41) is 72.9. The summed E-state index contributed by atoms with van der Waals surface area (Å²) in [6.45, 7) is 7.46. The van der Waals surface area contributed by atoms with E-state index in [2.05, 4.69) is 4.74 Å². The maximum absolute atomic E-state index is 9.53. The smallest absolute Gasteiger partial charge is 0.162 e. The third kappa shape index (κ3) is 36.1. The summed E-state index contributed by atoms with van der Waals surface area (Å²) in [6, 6.07) is 0. The molecule has 3 fully saturated rings. The molecule has 3 heterocycles. The van der Waals surface area contributed by atoms with Crippen LogP contribution in [0.3, 0.4) is 0 Å². The molecule has 0 aliphatic carbocycles. The van der Waals surface area contributed by atoms with Crippen molar-refractivity contribution in [3.05, 3.63) is 0 Å². The lowest BCUT2D eigenvalue weighted by atomic mass is 9.93. The van der Waals surface area contributed by atoms with Gasteiger partial charge in [-0.25, -0.2) is 0 Å². The molecule has 15 nitrogen and oxygen atoms in total. The first-order chi connectivity index (χ1) is 21.7. The Balaban J connectivity index is -0.000000105. The van der Waals surface area contributed by atoms with Gasteiger partial charge in [-0.3, -0.25) is 0 Å². The summed E-state index contributed by atoms with van der Waals surface area (Å²) in [7, 11) is 10.4. The van der Waals surface area contributed by atoms with Crippen molar-refractivity contribution in [2.45, 2.75) is 102 Å². The molecule has 0 amide bonds. The second-order valence-corrected chi connectivity index (χ2v) is 9.34. The lowest BCUT2D eigenvalue weighted by Gasteiger charge is -2.40. The van der Waals surface area contributed by atoms with Gasteiger partial charge in [-0.1, -0.05) is 6.92 Å². The fraction of sp³-hybridized carbons (Fsp3) is 1.00. The van der Waals surface area contributed by atoms with Gasteiger partial charge in [0, 0.05) is 76.0 Å². The number of hydrogen-bond donors (Lipinski definition) is 9. The quantitative estimate of drug-likeness (QED) is 0.180. The summed E-state index contributed by atoms with van der Waals surface area (Å²) in [5.74, 6) is -0.303. The Labute approximate surface area is 272 Å². The summed E-state index contributed by atoms with van der Waals surface area (Å²) in [5.41, 5.74) is 0. The van der Waals surface area contributed by atoms with Gasteiger partial charge in [-0.15, -0.1) is 0 Å². The van der Waals surface area contributed by atoms with Gasteiger partial charge >= 0.3 is 0 Å². The van der Waals surface area contributed by atoms with E-state index in [0.29, 0.717) is 6.10 Å². The molecule has 0 aromatic rings. The Morgan fingerprint density at radius 1 is 0.644 bits per heavy atom. The molecule has 9 N–H and O–H groups in total. The van der Waals surface area contributed by atoms with Crippen molar-refractivity contribution in [1.82, 2.24) is 0 Å². The average molecular weight is 673 g/mol. The molecule has 0 bridgehead atoms. The fourth-order valence-electron chi connectivity index (χ4n) is 3.39. The highest BCUT2D eigenvalue weighted by Crippen LogP contribution is 2.25. The van der Waals surface area contributed by atoms with Crippen LogP contribution in [0.2, 0.25) is 0 Å². The van der Waals surface area contributed by atoms with Gasteiger partial charge in [-0.05, 0) is 52.4 Å². The molecule has 3 saturated heterocycles. The zero-order valence-electron chi connectivity index (χ0n) is 29.9. The second-order valence-electron chi connectivity index (χ2n) is 9.34. The maximum atomic E-state index is 9.53. The van der Waals surface area contributed by atoms with E-state index in [1.165, 1.54) is 20.0 Å². The molecular weight excluding hydrogens is 600 g/mol. The van der Waals surface area contributed by atoms with Crippen LogP contribution in [0.4, 0.5) is 0 Å². The van der Waals surface area contributed by atoms with Crippen LogP contribution in [-0.2, 0) is 28.4 Å². The molecule has 282 valence electrons. The Hall–Kier alpha value is -0.600. The van der Waals surface area contributed by atoms with Gasteiger partial charge in [0.25, 0.3) is 0 Å². The van der Waals surface area contributed by atoms with Crippen molar-refractivity contribution in [3.63, 3.8) is 0 Å². The summed E-state index contributed by atoms with van der Waals surface area (Å²) in [4.78, 5) is 0. The van der Waals surface area contributed by atoms with Crippen LogP contribution in [0.15, 0.2) is 0 Å². The molecule has 7 unspecified atom stereocenters. The first kappa shape index (κ1) is 56.7. The number of hydrogen-bond acceptors (Lipinski definition) is 15. The Kier molecular flexibility index (Phi) is 60.2. The van der Waals surface area contributed by atoms with Crippen LogP contribution in [-0.4, -0.2) is 179 Å². The topological polar surface area (TPSA) is 237 Å². The lowest BCUT2D eigenvalue weighted by Crippen LogP contribution is -2.55. The first-order valence-electron chi connectivity index (χ1n) is 15.0. The minimum atomic E-state index is -1.05. The summed E-state index contributed by atoms with van der Waals surface area (Å²) in [6.07, 6.45) is 4.19. The highest BCUT2D eigenvalue weighted by Gasteiger charge is 2.41. The van der Waals surface area contributed by atoms with Crippen molar-refractivity contribution in [1.29, 1.82) is 0 Å². The van der Waals surface area contributed by atoms with Gasteiger partial charge in [0.2, 0.25) is 0 Å². The minimum absolute atomic E-state index is 0.142. The van der Waals surface area contributed by atoms with Gasteiger partial charge in [-0.2, -0.15) is 0 Å². The van der Waals surface area contributed by atoms with Gasteiger partial charge in [0.05, 0.1) is 44.2 Å². The van der Waals surface area contributed by atoms with Crippen LogP contribution in [0.5, 0.6) is 0 Å². The van der Waals surface area contributed by atoms with E-state index in [9.17, 15) is 10.2 Å². The van der Waals surface area contributed by atoms with Crippen molar-refractivity contribution >= 4 is 0 Å². The van der Waals surface area contributed by atoms with E-state index >= 15 is 0 Å². The monoisotopic (exact) mass is 672 g/mol. The zero-order chi connectivity index (χ0) is 36.6. The van der Waals surface area contributed by atoms with Crippen LogP contribution in [0, 0.1) is 5.92 Å². The molecule has 45 heavy (non-hydrogen) atoms. The van der Waals surface area contributed by atoms with Gasteiger partial charge in [0.1, 0.15) is 12.2 Å². The van der Waals surface area contributed by atoms with Crippen molar-refractivity contribution in [2.75, 3.05) is 89.9 Å².